The first-order chi connectivity index (χ1) is 7.58. The van der Waals surface area contributed by atoms with Gasteiger partial charge in [-0.1, -0.05) is 39.5 Å². The second-order valence-electron chi connectivity index (χ2n) is 5.71. The monoisotopic (exact) mass is 240 g/mol. The van der Waals surface area contributed by atoms with Gasteiger partial charge in [0.15, 0.2) is 5.17 Å². The van der Waals surface area contributed by atoms with E-state index >= 15 is 0 Å². The van der Waals surface area contributed by atoms with Crippen LogP contribution in [0.5, 0.6) is 0 Å². The Morgan fingerprint density at radius 2 is 2.06 bits per heavy atom. The molecule has 4 atom stereocenters. The second-order valence-corrected chi connectivity index (χ2v) is 6.94. The van der Waals surface area contributed by atoms with E-state index in [9.17, 15) is 0 Å². The van der Waals surface area contributed by atoms with Crippen LogP contribution in [0.3, 0.4) is 0 Å². The molecule has 0 amide bonds. The molecular formula is C13H24N2S. The number of rotatable bonds is 2. The molecule has 1 saturated carbocycles. The van der Waals surface area contributed by atoms with E-state index in [0.717, 1.165) is 24.3 Å². The fraction of sp³-hybridized carbons (Fsp3) is 0.923. The van der Waals surface area contributed by atoms with Gasteiger partial charge in [0.05, 0.1) is 6.54 Å². The molecule has 0 aromatic heterocycles. The van der Waals surface area contributed by atoms with Gasteiger partial charge in [0.1, 0.15) is 0 Å². The third-order valence-corrected chi connectivity index (χ3v) is 5.66. The van der Waals surface area contributed by atoms with Gasteiger partial charge in [0.25, 0.3) is 0 Å². The van der Waals surface area contributed by atoms with Crippen LogP contribution in [-0.2, 0) is 0 Å². The first-order valence-corrected chi connectivity index (χ1v) is 7.43. The molecule has 0 bridgehead atoms. The fourth-order valence-corrected chi connectivity index (χ4v) is 3.62. The summed E-state index contributed by atoms with van der Waals surface area (Å²) in [5.74, 6) is 2.39. The highest BCUT2D eigenvalue weighted by Crippen LogP contribution is 2.33. The Morgan fingerprint density at radius 3 is 2.56 bits per heavy atom. The van der Waals surface area contributed by atoms with Crippen molar-refractivity contribution in [2.75, 3.05) is 6.54 Å². The highest BCUT2D eigenvalue weighted by Gasteiger charge is 2.32. The maximum atomic E-state index is 4.63. The average Bonchev–Trinajstić information content (AvgIpc) is 2.81. The van der Waals surface area contributed by atoms with Crippen LogP contribution in [-0.4, -0.2) is 23.0 Å². The molecule has 92 valence electrons. The van der Waals surface area contributed by atoms with Gasteiger partial charge < -0.3 is 5.32 Å². The summed E-state index contributed by atoms with van der Waals surface area (Å²) in [7, 11) is 0. The minimum atomic E-state index is 0.659. The van der Waals surface area contributed by atoms with E-state index in [1.54, 1.807) is 0 Å². The van der Waals surface area contributed by atoms with Gasteiger partial charge in [-0.3, -0.25) is 4.99 Å². The molecule has 1 aliphatic carbocycles. The Labute approximate surface area is 104 Å². The van der Waals surface area contributed by atoms with Crippen LogP contribution >= 0.6 is 11.8 Å². The molecule has 0 spiro atoms. The summed E-state index contributed by atoms with van der Waals surface area (Å²) < 4.78 is 0. The molecular weight excluding hydrogens is 216 g/mol. The van der Waals surface area contributed by atoms with Gasteiger partial charge in [0, 0.05) is 11.3 Å². The molecule has 0 radical (unpaired) electrons. The molecule has 2 rings (SSSR count). The number of amidine groups is 1. The van der Waals surface area contributed by atoms with Crippen LogP contribution in [0.1, 0.15) is 40.5 Å². The van der Waals surface area contributed by atoms with E-state index in [2.05, 4.69) is 38.0 Å². The normalized spacial score (nSPS) is 39.2. The van der Waals surface area contributed by atoms with Gasteiger partial charge in [-0.05, 0) is 30.6 Å². The summed E-state index contributed by atoms with van der Waals surface area (Å²) >= 11 is 1.95. The lowest BCUT2D eigenvalue weighted by Crippen LogP contribution is -2.35. The topological polar surface area (TPSA) is 24.4 Å². The molecule has 3 heteroatoms. The minimum Gasteiger partial charge on any atom is -0.362 e. The van der Waals surface area contributed by atoms with E-state index in [1.807, 2.05) is 11.8 Å². The number of nitrogens with zero attached hydrogens (tertiary/aromatic N) is 1. The Balaban J connectivity index is 1.83. The molecule has 4 unspecified atom stereocenters. The molecule has 2 nitrogen and oxygen atoms in total. The maximum absolute atomic E-state index is 4.63. The van der Waals surface area contributed by atoms with Crippen molar-refractivity contribution in [2.24, 2.45) is 22.7 Å². The minimum absolute atomic E-state index is 0.659. The molecule has 1 N–H and O–H groups in total. The smallest absolute Gasteiger partial charge is 0.157 e. The Morgan fingerprint density at radius 1 is 1.31 bits per heavy atom. The number of hydrogen-bond donors (Lipinski definition) is 1. The van der Waals surface area contributed by atoms with E-state index in [-0.39, 0.29) is 0 Å². The summed E-state index contributed by atoms with van der Waals surface area (Å²) in [6, 6.07) is 0.659. The van der Waals surface area contributed by atoms with E-state index in [4.69, 9.17) is 0 Å². The zero-order valence-corrected chi connectivity index (χ0v) is 11.7. The Kier molecular flexibility index (Phi) is 3.83. The number of aliphatic imine (C=N–C) groups is 1. The lowest BCUT2D eigenvalue weighted by atomic mass is 9.98. The van der Waals surface area contributed by atoms with E-state index in [0.29, 0.717) is 11.3 Å². The molecule has 0 saturated heterocycles. The van der Waals surface area contributed by atoms with Gasteiger partial charge in [-0.15, -0.1) is 0 Å². The van der Waals surface area contributed by atoms with Crippen LogP contribution in [0.15, 0.2) is 4.99 Å². The van der Waals surface area contributed by atoms with Crippen molar-refractivity contribution in [3.8, 4) is 0 Å². The Hall–Kier alpha value is -0.180. The van der Waals surface area contributed by atoms with E-state index in [1.165, 1.54) is 18.0 Å². The third-order valence-electron chi connectivity index (χ3n) is 4.20. The van der Waals surface area contributed by atoms with Crippen molar-refractivity contribution in [1.82, 2.24) is 5.32 Å². The number of nitrogens with one attached hydrogen (secondary N) is 1. The van der Waals surface area contributed by atoms with Crippen molar-refractivity contribution in [1.29, 1.82) is 0 Å². The van der Waals surface area contributed by atoms with Crippen molar-refractivity contribution >= 4 is 16.9 Å². The lowest BCUT2D eigenvalue weighted by Gasteiger charge is -2.21. The second kappa shape index (κ2) is 4.99. The van der Waals surface area contributed by atoms with Gasteiger partial charge >= 0.3 is 0 Å². The number of thioether (sulfide) groups is 1. The molecule has 1 heterocycles. The molecule has 2 aliphatic rings. The molecule has 0 aromatic carbocycles. The van der Waals surface area contributed by atoms with Crippen LogP contribution in [0, 0.1) is 17.8 Å². The number of hydrogen-bond acceptors (Lipinski definition) is 3. The quantitative estimate of drug-likeness (QED) is 0.802. The summed E-state index contributed by atoms with van der Waals surface area (Å²) in [5, 5.41) is 5.55. The van der Waals surface area contributed by atoms with Gasteiger partial charge in [-0.25, -0.2) is 0 Å². The predicted octanol–water partition coefficient (Wildman–Crippen LogP) is 3.14. The molecule has 1 fully saturated rings. The summed E-state index contributed by atoms with van der Waals surface area (Å²) in [5.41, 5.74) is 0. The van der Waals surface area contributed by atoms with Crippen molar-refractivity contribution in [3.63, 3.8) is 0 Å². The van der Waals surface area contributed by atoms with Crippen LogP contribution < -0.4 is 5.32 Å². The third kappa shape index (κ3) is 2.55. The molecule has 0 aromatic rings. The van der Waals surface area contributed by atoms with Crippen LogP contribution in [0.25, 0.3) is 0 Å². The zero-order chi connectivity index (χ0) is 11.7. The largest absolute Gasteiger partial charge is 0.362 e. The lowest BCUT2D eigenvalue weighted by molar-refractivity contribution is 0.404. The summed E-state index contributed by atoms with van der Waals surface area (Å²) in [4.78, 5) is 4.63. The highest BCUT2D eigenvalue weighted by atomic mass is 32.2. The molecule has 1 aliphatic heterocycles. The van der Waals surface area contributed by atoms with Gasteiger partial charge in [-0.2, -0.15) is 0 Å². The first kappa shape index (κ1) is 12.3. The van der Waals surface area contributed by atoms with Crippen molar-refractivity contribution in [3.05, 3.63) is 0 Å². The van der Waals surface area contributed by atoms with Crippen LogP contribution in [0.4, 0.5) is 0 Å². The van der Waals surface area contributed by atoms with Gasteiger partial charge in [0.2, 0.25) is 0 Å². The first-order valence-electron chi connectivity index (χ1n) is 6.55. The van der Waals surface area contributed by atoms with E-state index < -0.39 is 0 Å². The maximum Gasteiger partial charge on any atom is 0.157 e. The van der Waals surface area contributed by atoms with Crippen molar-refractivity contribution < 1.29 is 0 Å². The zero-order valence-electron chi connectivity index (χ0n) is 10.9. The Bertz CT molecular complexity index is 275. The standard InChI is InChI=1S/C13H24N2S/c1-8(2)12-7-14-13(16-12)15-11-6-5-9(3)10(11)4/h8-12H,5-7H2,1-4H3,(H,14,15). The summed E-state index contributed by atoms with van der Waals surface area (Å²) in [6.07, 6.45) is 2.68. The van der Waals surface area contributed by atoms with Crippen molar-refractivity contribution in [2.45, 2.75) is 51.8 Å². The fourth-order valence-electron chi connectivity index (χ4n) is 2.54. The van der Waals surface area contributed by atoms with Crippen LogP contribution in [0.2, 0.25) is 0 Å². The molecule has 16 heavy (non-hydrogen) atoms. The summed E-state index contributed by atoms with van der Waals surface area (Å²) in [6.45, 7) is 10.3. The highest BCUT2D eigenvalue weighted by molar-refractivity contribution is 8.14. The predicted molar refractivity (Wildman–Crippen MR) is 73.0 cm³/mol. The SMILES string of the molecule is CC(C)C1CN=C(NC2CCC(C)C2C)S1. The average molecular weight is 240 g/mol.